The molecule has 1 aromatic heterocycles. The fraction of sp³-hybridized carbons (Fsp3) is 0.0833. The maximum absolute atomic E-state index is 13.8. The van der Waals surface area contributed by atoms with Crippen molar-refractivity contribution in [2.75, 3.05) is 7.11 Å². The molecule has 0 saturated heterocycles. The molecule has 0 bridgehead atoms. The van der Waals surface area contributed by atoms with Crippen LogP contribution in [0, 0.1) is 5.82 Å². The van der Waals surface area contributed by atoms with Crippen molar-refractivity contribution in [3.63, 3.8) is 0 Å². The quantitative estimate of drug-likeness (QED) is 0.709. The van der Waals surface area contributed by atoms with Crippen LogP contribution in [0.5, 0.6) is 5.75 Å². The first-order chi connectivity index (χ1) is 8.56. The number of carbonyl (C=O) groups excluding carboxylic acids is 1. The van der Waals surface area contributed by atoms with Crippen molar-refractivity contribution in [2.24, 2.45) is 0 Å². The van der Waals surface area contributed by atoms with Crippen LogP contribution < -0.4 is 4.74 Å². The van der Waals surface area contributed by atoms with E-state index < -0.39 is 11.6 Å². The fourth-order valence-electron chi connectivity index (χ4n) is 1.48. The molecular formula is C12H7Br2FO2S. The molecule has 0 amide bonds. The van der Waals surface area contributed by atoms with Crippen LogP contribution >= 0.6 is 43.2 Å². The van der Waals surface area contributed by atoms with Gasteiger partial charge in [-0.15, -0.1) is 11.3 Å². The highest BCUT2D eigenvalue weighted by Crippen LogP contribution is 2.36. The first kappa shape index (κ1) is 13.7. The van der Waals surface area contributed by atoms with Crippen LogP contribution in [-0.4, -0.2) is 12.9 Å². The summed E-state index contributed by atoms with van der Waals surface area (Å²) < 4.78 is 20.2. The van der Waals surface area contributed by atoms with Crippen molar-refractivity contribution in [3.8, 4) is 5.75 Å². The molecule has 6 heteroatoms. The van der Waals surface area contributed by atoms with Gasteiger partial charge < -0.3 is 4.74 Å². The SMILES string of the molecule is COc1cccc(F)c1C(=O)c1scc(Br)c1Br. The molecule has 1 aromatic carbocycles. The third-order valence-corrected chi connectivity index (χ3v) is 5.84. The van der Waals surface area contributed by atoms with Gasteiger partial charge in [0.05, 0.1) is 16.5 Å². The van der Waals surface area contributed by atoms with E-state index in [1.807, 2.05) is 0 Å². The number of hydrogen-bond donors (Lipinski definition) is 0. The topological polar surface area (TPSA) is 26.3 Å². The normalized spacial score (nSPS) is 10.4. The van der Waals surface area contributed by atoms with Crippen LogP contribution in [0.2, 0.25) is 0 Å². The molecule has 0 aliphatic heterocycles. The molecule has 94 valence electrons. The number of carbonyl (C=O) groups is 1. The lowest BCUT2D eigenvalue weighted by atomic mass is 10.1. The lowest BCUT2D eigenvalue weighted by Crippen LogP contribution is -2.05. The molecule has 0 spiro atoms. The highest BCUT2D eigenvalue weighted by molar-refractivity contribution is 9.13. The molecule has 0 fully saturated rings. The molecular weight excluding hydrogens is 387 g/mol. The summed E-state index contributed by atoms with van der Waals surface area (Å²) in [6.07, 6.45) is 0. The van der Waals surface area contributed by atoms with Gasteiger partial charge in [0.15, 0.2) is 0 Å². The third kappa shape index (κ3) is 2.37. The zero-order chi connectivity index (χ0) is 13.3. The summed E-state index contributed by atoms with van der Waals surface area (Å²) in [4.78, 5) is 12.8. The predicted molar refractivity (Wildman–Crippen MR) is 76.1 cm³/mol. The molecule has 2 rings (SSSR count). The van der Waals surface area contributed by atoms with Crippen molar-refractivity contribution >= 4 is 49.0 Å². The molecule has 0 atom stereocenters. The van der Waals surface area contributed by atoms with Crippen molar-refractivity contribution in [1.29, 1.82) is 0 Å². The minimum absolute atomic E-state index is 0.0462. The van der Waals surface area contributed by atoms with E-state index in [1.54, 1.807) is 11.4 Å². The summed E-state index contributed by atoms with van der Waals surface area (Å²) >= 11 is 7.84. The van der Waals surface area contributed by atoms with Gasteiger partial charge in [-0.2, -0.15) is 0 Å². The summed E-state index contributed by atoms with van der Waals surface area (Å²) in [6.45, 7) is 0. The minimum Gasteiger partial charge on any atom is -0.496 e. The summed E-state index contributed by atoms with van der Waals surface area (Å²) in [5.74, 6) is -0.750. The molecule has 1 heterocycles. The molecule has 0 saturated carbocycles. The number of methoxy groups -OCH3 is 1. The Morgan fingerprint density at radius 1 is 1.39 bits per heavy atom. The number of ether oxygens (including phenoxy) is 1. The number of halogens is 3. The Morgan fingerprint density at radius 2 is 2.11 bits per heavy atom. The van der Waals surface area contributed by atoms with Gasteiger partial charge in [-0.3, -0.25) is 4.79 Å². The van der Waals surface area contributed by atoms with Crippen molar-refractivity contribution in [2.45, 2.75) is 0 Å². The van der Waals surface area contributed by atoms with Gasteiger partial charge >= 0.3 is 0 Å². The molecule has 0 aliphatic rings. The molecule has 2 nitrogen and oxygen atoms in total. The Hall–Kier alpha value is -0.720. The number of benzene rings is 1. The van der Waals surface area contributed by atoms with Crippen molar-refractivity contribution in [3.05, 3.63) is 48.8 Å². The number of thiophene rings is 1. The smallest absolute Gasteiger partial charge is 0.210 e. The number of ketones is 1. The largest absolute Gasteiger partial charge is 0.496 e. The molecule has 2 aromatic rings. The van der Waals surface area contributed by atoms with Crippen LogP contribution in [0.25, 0.3) is 0 Å². The second-order valence-corrected chi connectivity index (χ2v) is 5.90. The molecule has 0 N–H and O–H groups in total. The first-order valence-electron chi connectivity index (χ1n) is 4.86. The van der Waals surface area contributed by atoms with Gasteiger partial charge in [-0.25, -0.2) is 4.39 Å². The summed E-state index contributed by atoms with van der Waals surface area (Å²) in [5.41, 5.74) is -0.0462. The molecule has 0 unspecified atom stereocenters. The Morgan fingerprint density at radius 3 is 2.67 bits per heavy atom. The molecule has 0 radical (unpaired) electrons. The maximum atomic E-state index is 13.8. The van der Waals surface area contributed by atoms with E-state index in [0.717, 1.165) is 4.47 Å². The summed E-state index contributed by atoms with van der Waals surface area (Å²) in [5, 5.41) is 1.77. The van der Waals surface area contributed by atoms with Gasteiger partial charge in [0, 0.05) is 9.85 Å². The van der Waals surface area contributed by atoms with Gasteiger partial charge in [-0.05, 0) is 44.0 Å². The van der Waals surface area contributed by atoms with Gasteiger partial charge in [0.25, 0.3) is 0 Å². The summed E-state index contributed by atoms with van der Waals surface area (Å²) in [7, 11) is 1.41. The van der Waals surface area contributed by atoms with E-state index in [2.05, 4.69) is 31.9 Å². The fourth-order valence-corrected chi connectivity index (χ4v) is 3.58. The van der Waals surface area contributed by atoms with Crippen LogP contribution in [0.4, 0.5) is 4.39 Å². The Kier molecular flexibility index (Phi) is 4.19. The zero-order valence-corrected chi connectivity index (χ0v) is 13.2. The maximum Gasteiger partial charge on any atom is 0.210 e. The van der Waals surface area contributed by atoms with Crippen LogP contribution in [0.3, 0.4) is 0 Å². The monoisotopic (exact) mass is 392 g/mol. The predicted octanol–water partition coefficient (Wildman–Crippen LogP) is 4.65. The Balaban J connectivity index is 2.56. The van der Waals surface area contributed by atoms with E-state index in [1.165, 1.54) is 30.6 Å². The lowest BCUT2D eigenvalue weighted by molar-refractivity contribution is 0.103. The first-order valence-corrected chi connectivity index (χ1v) is 7.32. The standard InChI is InChI=1S/C12H7Br2FO2S/c1-17-8-4-2-3-7(15)9(8)11(16)12-10(14)6(13)5-18-12/h2-5H,1H3. The third-order valence-electron chi connectivity index (χ3n) is 2.32. The number of rotatable bonds is 3. The highest BCUT2D eigenvalue weighted by Gasteiger charge is 2.23. The zero-order valence-electron chi connectivity index (χ0n) is 9.17. The summed E-state index contributed by atoms with van der Waals surface area (Å²) in [6, 6.07) is 4.31. The Bertz CT molecular complexity index is 610. The average Bonchev–Trinajstić information content (AvgIpc) is 2.69. The van der Waals surface area contributed by atoms with E-state index >= 15 is 0 Å². The van der Waals surface area contributed by atoms with Crippen LogP contribution in [0.1, 0.15) is 15.2 Å². The highest BCUT2D eigenvalue weighted by atomic mass is 79.9. The second kappa shape index (κ2) is 5.50. The molecule has 18 heavy (non-hydrogen) atoms. The van der Waals surface area contributed by atoms with E-state index in [0.29, 0.717) is 9.35 Å². The minimum atomic E-state index is -0.587. The van der Waals surface area contributed by atoms with Gasteiger partial charge in [0.2, 0.25) is 5.78 Å². The van der Waals surface area contributed by atoms with Crippen LogP contribution in [-0.2, 0) is 0 Å². The second-order valence-electron chi connectivity index (χ2n) is 3.37. The van der Waals surface area contributed by atoms with Crippen molar-refractivity contribution in [1.82, 2.24) is 0 Å². The van der Waals surface area contributed by atoms with Crippen LogP contribution in [0.15, 0.2) is 32.5 Å². The van der Waals surface area contributed by atoms with Gasteiger partial charge in [-0.1, -0.05) is 6.07 Å². The van der Waals surface area contributed by atoms with E-state index in [4.69, 9.17) is 4.74 Å². The van der Waals surface area contributed by atoms with Crippen molar-refractivity contribution < 1.29 is 13.9 Å². The molecule has 0 aliphatic carbocycles. The number of hydrogen-bond acceptors (Lipinski definition) is 3. The van der Waals surface area contributed by atoms with E-state index in [9.17, 15) is 9.18 Å². The van der Waals surface area contributed by atoms with Gasteiger partial charge in [0.1, 0.15) is 17.1 Å². The lowest BCUT2D eigenvalue weighted by Gasteiger charge is -2.07. The van der Waals surface area contributed by atoms with E-state index in [-0.39, 0.29) is 11.3 Å². The Labute approximate surface area is 124 Å². The average molecular weight is 394 g/mol.